The molecule has 1 aliphatic rings. The van der Waals surface area contributed by atoms with E-state index in [0.717, 1.165) is 5.56 Å². The smallest absolute Gasteiger partial charge is 0.410 e. The van der Waals surface area contributed by atoms with E-state index >= 15 is 0 Å². The average Bonchev–Trinajstić information content (AvgIpc) is 2.42. The van der Waals surface area contributed by atoms with E-state index in [-0.39, 0.29) is 24.2 Å². The molecule has 6 heteroatoms. The lowest BCUT2D eigenvalue weighted by molar-refractivity contribution is 0.00814. The van der Waals surface area contributed by atoms with Gasteiger partial charge in [0.15, 0.2) is 0 Å². The first-order valence-electron chi connectivity index (χ1n) is 7.80. The number of hydrogen-bond donors (Lipinski definition) is 1. The van der Waals surface area contributed by atoms with E-state index < -0.39 is 11.6 Å². The van der Waals surface area contributed by atoms with Crippen LogP contribution in [0.25, 0.3) is 0 Å². The van der Waals surface area contributed by atoms with Crippen molar-refractivity contribution in [3.05, 3.63) is 42.0 Å². The summed E-state index contributed by atoms with van der Waals surface area (Å²) in [6.45, 7) is 10.3. The molecule has 1 aliphatic heterocycles. The van der Waals surface area contributed by atoms with Crippen molar-refractivity contribution < 1.29 is 24.2 Å². The zero-order valence-electron chi connectivity index (χ0n) is 14.2. The van der Waals surface area contributed by atoms with E-state index in [1.165, 1.54) is 0 Å². The van der Waals surface area contributed by atoms with Crippen LogP contribution in [0.4, 0.5) is 4.79 Å². The molecule has 24 heavy (non-hydrogen) atoms. The number of hydrogen-bond acceptors (Lipinski definition) is 4. The van der Waals surface area contributed by atoms with Crippen LogP contribution in [0.15, 0.2) is 30.9 Å². The van der Waals surface area contributed by atoms with Crippen LogP contribution in [-0.4, -0.2) is 47.4 Å². The molecule has 1 fully saturated rings. The third-order valence-electron chi connectivity index (χ3n) is 3.60. The predicted octanol–water partition coefficient (Wildman–Crippen LogP) is 3.28. The zero-order chi connectivity index (χ0) is 17.9. The molecule has 1 amide bonds. The van der Waals surface area contributed by atoms with E-state index in [9.17, 15) is 14.7 Å². The van der Waals surface area contributed by atoms with Gasteiger partial charge < -0.3 is 19.5 Å². The van der Waals surface area contributed by atoms with Crippen LogP contribution in [0.3, 0.4) is 0 Å². The largest absolute Gasteiger partial charge is 0.489 e. The Kier molecular flexibility index (Phi) is 5.17. The van der Waals surface area contributed by atoms with Gasteiger partial charge in [0.25, 0.3) is 0 Å². The number of carbonyl (C=O) groups excluding carboxylic acids is 1. The maximum atomic E-state index is 11.9. The third-order valence-corrected chi connectivity index (χ3v) is 3.60. The number of ether oxygens (including phenoxy) is 2. The molecule has 0 radical (unpaired) electrons. The normalized spacial score (nSPS) is 14.7. The summed E-state index contributed by atoms with van der Waals surface area (Å²) in [5.74, 6) is -0.627. The molecule has 0 spiro atoms. The highest BCUT2D eigenvalue weighted by atomic mass is 16.6. The average molecular weight is 333 g/mol. The van der Waals surface area contributed by atoms with Crippen molar-refractivity contribution in [2.75, 3.05) is 19.7 Å². The Labute approximate surface area is 141 Å². The molecule has 6 nitrogen and oxygen atoms in total. The lowest BCUT2D eigenvalue weighted by Crippen LogP contribution is -2.50. The number of aromatic carboxylic acids is 1. The van der Waals surface area contributed by atoms with Crippen molar-refractivity contribution in [1.82, 2.24) is 4.90 Å². The van der Waals surface area contributed by atoms with Gasteiger partial charge in [0.05, 0.1) is 0 Å². The summed E-state index contributed by atoms with van der Waals surface area (Å²) >= 11 is 0. The highest BCUT2D eigenvalue weighted by molar-refractivity contribution is 5.91. The second-order valence-corrected chi connectivity index (χ2v) is 6.74. The molecule has 2 rings (SSSR count). The number of likely N-dealkylation sites (tertiary alicyclic amines) is 1. The minimum Gasteiger partial charge on any atom is -0.489 e. The van der Waals surface area contributed by atoms with Crippen LogP contribution in [0, 0.1) is 0 Å². The molecule has 0 bridgehead atoms. The number of amides is 1. The second-order valence-electron chi connectivity index (χ2n) is 6.74. The van der Waals surface area contributed by atoms with Crippen LogP contribution in [0.2, 0.25) is 0 Å². The second kappa shape index (κ2) is 6.95. The predicted molar refractivity (Wildman–Crippen MR) is 89.6 cm³/mol. The van der Waals surface area contributed by atoms with Crippen LogP contribution in [-0.2, 0) is 4.74 Å². The Bertz CT molecular complexity index is 641. The molecule has 0 aromatic heterocycles. The first-order valence-corrected chi connectivity index (χ1v) is 7.80. The fourth-order valence-corrected chi connectivity index (χ4v) is 2.41. The maximum absolute atomic E-state index is 11.9. The number of carbonyl (C=O) groups is 2. The van der Waals surface area contributed by atoms with Gasteiger partial charge in [-0.15, -0.1) is 0 Å². The van der Waals surface area contributed by atoms with E-state index in [0.29, 0.717) is 18.8 Å². The summed E-state index contributed by atoms with van der Waals surface area (Å²) in [5, 5.41) is 9.34. The van der Waals surface area contributed by atoms with E-state index in [1.54, 1.807) is 23.1 Å². The Morgan fingerprint density at radius 2 is 2.04 bits per heavy atom. The van der Waals surface area contributed by atoms with E-state index in [1.807, 2.05) is 26.8 Å². The summed E-state index contributed by atoms with van der Waals surface area (Å²) in [4.78, 5) is 25.0. The van der Waals surface area contributed by atoms with Gasteiger partial charge in [0.2, 0.25) is 0 Å². The lowest BCUT2D eigenvalue weighted by Gasteiger charge is -2.40. The molecular formula is C18H23NO5. The van der Waals surface area contributed by atoms with Gasteiger partial charge in [-0.1, -0.05) is 18.7 Å². The maximum Gasteiger partial charge on any atom is 0.410 e. The number of carboxylic acids is 1. The summed E-state index contributed by atoms with van der Waals surface area (Å²) in [6, 6.07) is 5.10. The standard InChI is InChI=1S/C18H23NO5/c1-5-8-23-15-7-6-12(9-14(15)16(20)21)13-10-19(11-13)17(22)24-18(2,3)4/h5-7,9,13H,1,8,10-11H2,2-4H3,(H,20,21). The molecule has 1 heterocycles. The van der Waals surface area contributed by atoms with Gasteiger partial charge in [0.1, 0.15) is 23.5 Å². The molecule has 0 aliphatic carbocycles. The van der Waals surface area contributed by atoms with E-state index in [4.69, 9.17) is 9.47 Å². The number of carboxylic acid groups (broad SMARTS) is 1. The number of nitrogens with zero attached hydrogens (tertiary/aromatic N) is 1. The van der Waals surface area contributed by atoms with Crippen molar-refractivity contribution in [3.63, 3.8) is 0 Å². The van der Waals surface area contributed by atoms with Gasteiger partial charge in [0, 0.05) is 19.0 Å². The minimum absolute atomic E-state index is 0.101. The summed E-state index contributed by atoms with van der Waals surface area (Å²) in [7, 11) is 0. The summed E-state index contributed by atoms with van der Waals surface area (Å²) in [5.41, 5.74) is 0.464. The Morgan fingerprint density at radius 3 is 2.58 bits per heavy atom. The van der Waals surface area contributed by atoms with Crippen LogP contribution >= 0.6 is 0 Å². The SMILES string of the molecule is C=CCOc1ccc(C2CN(C(=O)OC(C)(C)C)C2)cc1C(=O)O. The van der Waals surface area contributed by atoms with Crippen molar-refractivity contribution in [3.8, 4) is 5.75 Å². The van der Waals surface area contributed by atoms with Gasteiger partial charge in [-0.3, -0.25) is 0 Å². The van der Waals surface area contributed by atoms with Crippen LogP contribution in [0.1, 0.15) is 42.6 Å². The quantitative estimate of drug-likeness (QED) is 0.837. The van der Waals surface area contributed by atoms with Gasteiger partial charge in [-0.2, -0.15) is 0 Å². The van der Waals surface area contributed by atoms with Gasteiger partial charge in [-0.05, 0) is 38.5 Å². The van der Waals surface area contributed by atoms with E-state index in [2.05, 4.69) is 6.58 Å². The third kappa shape index (κ3) is 4.28. The van der Waals surface area contributed by atoms with Crippen molar-refractivity contribution >= 4 is 12.1 Å². The van der Waals surface area contributed by atoms with Crippen molar-refractivity contribution in [1.29, 1.82) is 0 Å². The molecular weight excluding hydrogens is 310 g/mol. The molecule has 1 aromatic carbocycles. The monoisotopic (exact) mass is 333 g/mol. The van der Waals surface area contributed by atoms with Crippen LogP contribution < -0.4 is 4.74 Å². The Balaban J connectivity index is 2.04. The molecule has 0 saturated carbocycles. The molecule has 1 saturated heterocycles. The first-order chi connectivity index (χ1) is 11.2. The number of benzene rings is 1. The minimum atomic E-state index is -1.04. The first kappa shape index (κ1) is 17.8. The van der Waals surface area contributed by atoms with Crippen molar-refractivity contribution in [2.45, 2.75) is 32.3 Å². The van der Waals surface area contributed by atoms with Gasteiger partial charge in [-0.25, -0.2) is 9.59 Å². The number of rotatable bonds is 5. The fraction of sp³-hybridized carbons (Fsp3) is 0.444. The van der Waals surface area contributed by atoms with Gasteiger partial charge >= 0.3 is 12.1 Å². The Morgan fingerprint density at radius 1 is 1.38 bits per heavy atom. The highest BCUT2D eigenvalue weighted by Gasteiger charge is 2.35. The highest BCUT2D eigenvalue weighted by Crippen LogP contribution is 2.31. The molecule has 1 N–H and O–H groups in total. The summed E-state index contributed by atoms with van der Waals surface area (Å²) in [6.07, 6.45) is 1.22. The topological polar surface area (TPSA) is 76.1 Å². The summed E-state index contributed by atoms with van der Waals surface area (Å²) < 4.78 is 10.7. The molecule has 0 unspecified atom stereocenters. The van der Waals surface area contributed by atoms with Crippen LogP contribution in [0.5, 0.6) is 5.75 Å². The molecule has 130 valence electrons. The molecule has 0 atom stereocenters. The Hall–Kier alpha value is -2.50. The fourth-order valence-electron chi connectivity index (χ4n) is 2.41. The lowest BCUT2D eigenvalue weighted by atomic mass is 9.90. The zero-order valence-corrected chi connectivity index (χ0v) is 14.2. The van der Waals surface area contributed by atoms with Crippen molar-refractivity contribution in [2.24, 2.45) is 0 Å². The molecule has 1 aromatic rings.